The Hall–Kier alpha value is -1.09. The van der Waals surface area contributed by atoms with Crippen molar-refractivity contribution in [3.8, 4) is 0 Å². The molecule has 3 nitrogen and oxygen atoms in total. The van der Waals surface area contributed by atoms with E-state index in [4.69, 9.17) is 0 Å². The summed E-state index contributed by atoms with van der Waals surface area (Å²) in [6.45, 7) is 0. The summed E-state index contributed by atoms with van der Waals surface area (Å²) >= 11 is 0. The van der Waals surface area contributed by atoms with E-state index in [-0.39, 0.29) is 6.23 Å². The van der Waals surface area contributed by atoms with Gasteiger partial charge in [0.2, 0.25) is 0 Å². The largest absolute Gasteiger partial charge is 0.374 e. The Bertz CT molecular complexity index is 266. The number of hydrogen-bond acceptors (Lipinski definition) is 3. The number of nitrogens with one attached hydrogen (secondary N) is 1. The van der Waals surface area contributed by atoms with Crippen molar-refractivity contribution in [3.05, 3.63) is 23.5 Å². The Balaban J connectivity index is 2.23. The van der Waals surface area contributed by atoms with E-state index >= 15 is 0 Å². The fourth-order valence-electron chi connectivity index (χ4n) is 1.48. The lowest BCUT2D eigenvalue weighted by Crippen LogP contribution is -2.32. The SMILES string of the molecule is OC1CCC2=C(CC=CC=N2)N1. The summed E-state index contributed by atoms with van der Waals surface area (Å²) in [5, 5.41) is 12.3. The third-order valence-electron chi connectivity index (χ3n) is 2.12. The molecule has 0 aromatic rings. The topological polar surface area (TPSA) is 44.6 Å². The molecule has 0 saturated heterocycles. The van der Waals surface area contributed by atoms with Gasteiger partial charge >= 0.3 is 0 Å². The maximum Gasteiger partial charge on any atom is 0.124 e. The summed E-state index contributed by atoms with van der Waals surface area (Å²) in [4.78, 5) is 4.27. The smallest absolute Gasteiger partial charge is 0.124 e. The Labute approximate surface area is 71.5 Å². The number of aliphatic hydroxyl groups excluding tert-OH is 1. The van der Waals surface area contributed by atoms with Crippen LogP contribution in [0.5, 0.6) is 0 Å². The molecule has 2 aliphatic heterocycles. The van der Waals surface area contributed by atoms with E-state index in [0.717, 1.165) is 30.7 Å². The average molecular weight is 164 g/mol. The predicted octanol–water partition coefficient (Wildman–Crippen LogP) is 0.930. The van der Waals surface area contributed by atoms with E-state index in [9.17, 15) is 5.11 Å². The second kappa shape index (κ2) is 3.11. The van der Waals surface area contributed by atoms with Gasteiger partial charge in [-0.15, -0.1) is 0 Å². The zero-order valence-corrected chi connectivity index (χ0v) is 6.83. The first-order chi connectivity index (χ1) is 5.86. The summed E-state index contributed by atoms with van der Waals surface area (Å²) in [5.41, 5.74) is 2.16. The van der Waals surface area contributed by atoms with Crippen molar-refractivity contribution in [1.29, 1.82) is 0 Å². The normalized spacial score (nSPS) is 27.9. The van der Waals surface area contributed by atoms with Crippen molar-refractivity contribution in [3.63, 3.8) is 0 Å². The van der Waals surface area contributed by atoms with E-state index in [1.54, 1.807) is 0 Å². The van der Waals surface area contributed by atoms with Crippen molar-refractivity contribution in [2.75, 3.05) is 0 Å². The van der Waals surface area contributed by atoms with Crippen LogP contribution in [0.25, 0.3) is 0 Å². The van der Waals surface area contributed by atoms with Gasteiger partial charge in [-0.2, -0.15) is 0 Å². The fourth-order valence-corrected chi connectivity index (χ4v) is 1.48. The van der Waals surface area contributed by atoms with Crippen LogP contribution < -0.4 is 5.32 Å². The first kappa shape index (κ1) is 7.55. The molecule has 0 aliphatic carbocycles. The maximum absolute atomic E-state index is 9.32. The van der Waals surface area contributed by atoms with Crippen molar-refractivity contribution in [2.24, 2.45) is 4.99 Å². The first-order valence-electron chi connectivity index (χ1n) is 4.22. The number of rotatable bonds is 0. The molecule has 3 heteroatoms. The first-order valence-corrected chi connectivity index (χ1v) is 4.22. The molecule has 64 valence electrons. The molecule has 0 spiro atoms. The number of allylic oxidation sites excluding steroid dienone is 3. The standard InChI is InChI=1S/C9H12N2O/c12-9-5-4-7-8(11-9)3-1-2-6-10-7/h1-2,6,9,11-12H,3-5H2. The molecule has 0 saturated carbocycles. The third-order valence-corrected chi connectivity index (χ3v) is 2.12. The van der Waals surface area contributed by atoms with Gasteiger partial charge in [0.25, 0.3) is 0 Å². The second-order valence-corrected chi connectivity index (χ2v) is 3.03. The van der Waals surface area contributed by atoms with Gasteiger partial charge in [-0.3, -0.25) is 4.99 Å². The van der Waals surface area contributed by atoms with Crippen molar-refractivity contribution < 1.29 is 5.11 Å². The van der Waals surface area contributed by atoms with Gasteiger partial charge in [0.1, 0.15) is 6.23 Å². The minimum atomic E-state index is -0.384. The summed E-state index contributed by atoms with van der Waals surface area (Å²) in [6, 6.07) is 0. The summed E-state index contributed by atoms with van der Waals surface area (Å²) in [6.07, 6.45) is 7.89. The van der Waals surface area contributed by atoms with E-state index in [2.05, 4.69) is 10.3 Å². The monoisotopic (exact) mass is 164 g/mol. The van der Waals surface area contributed by atoms with Gasteiger partial charge in [-0.05, 0) is 18.9 Å². The van der Waals surface area contributed by atoms with Gasteiger partial charge in [-0.1, -0.05) is 6.08 Å². The van der Waals surface area contributed by atoms with E-state index in [1.807, 2.05) is 18.4 Å². The molecule has 2 N–H and O–H groups in total. The molecule has 1 atom stereocenters. The Kier molecular flexibility index (Phi) is 1.96. The Morgan fingerprint density at radius 1 is 1.58 bits per heavy atom. The minimum absolute atomic E-state index is 0.384. The Morgan fingerprint density at radius 2 is 2.50 bits per heavy atom. The van der Waals surface area contributed by atoms with Crippen molar-refractivity contribution in [1.82, 2.24) is 5.32 Å². The molecule has 2 heterocycles. The van der Waals surface area contributed by atoms with Crippen LogP contribution >= 0.6 is 0 Å². The predicted molar refractivity (Wildman–Crippen MR) is 47.7 cm³/mol. The van der Waals surface area contributed by atoms with Gasteiger partial charge in [0, 0.05) is 18.3 Å². The molecule has 0 amide bonds. The van der Waals surface area contributed by atoms with Crippen LogP contribution in [-0.4, -0.2) is 17.5 Å². The van der Waals surface area contributed by atoms with Crippen LogP contribution in [0.3, 0.4) is 0 Å². The quantitative estimate of drug-likeness (QED) is 0.559. The summed E-state index contributed by atoms with van der Waals surface area (Å²) in [5.74, 6) is 0. The molecule has 0 aromatic carbocycles. The van der Waals surface area contributed by atoms with Crippen molar-refractivity contribution >= 4 is 6.21 Å². The number of hydrogen-bond donors (Lipinski definition) is 2. The van der Waals surface area contributed by atoms with Gasteiger partial charge in [0.15, 0.2) is 0 Å². The highest BCUT2D eigenvalue weighted by molar-refractivity contribution is 5.73. The lowest BCUT2D eigenvalue weighted by Gasteiger charge is -2.23. The molecule has 12 heavy (non-hydrogen) atoms. The van der Waals surface area contributed by atoms with Crippen LogP contribution in [0.15, 0.2) is 28.5 Å². The van der Waals surface area contributed by atoms with E-state index in [0.29, 0.717) is 0 Å². The molecule has 0 radical (unpaired) electrons. The van der Waals surface area contributed by atoms with E-state index < -0.39 is 0 Å². The van der Waals surface area contributed by atoms with Crippen LogP contribution in [0.4, 0.5) is 0 Å². The number of nitrogens with zero attached hydrogens (tertiary/aromatic N) is 1. The highest BCUT2D eigenvalue weighted by atomic mass is 16.3. The average Bonchev–Trinajstić information content (AvgIpc) is 2.28. The third kappa shape index (κ3) is 1.41. The van der Waals surface area contributed by atoms with Crippen LogP contribution in [0.2, 0.25) is 0 Å². The maximum atomic E-state index is 9.32. The molecule has 2 aliphatic rings. The van der Waals surface area contributed by atoms with E-state index in [1.165, 1.54) is 0 Å². The minimum Gasteiger partial charge on any atom is -0.374 e. The lowest BCUT2D eigenvalue weighted by atomic mass is 10.1. The van der Waals surface area contributed by atoms with Crippen LogP contribution in [0.1, 0.15) is 19.3 Å². The zero-order valence-electron chi connectivity index (χ0n) is 6.83. The molecule has 1 unspecified atom stereocenters. The molecular weight excluding hydrogens is 152 g/mol. The zero-order chi connectivity index (χ0) is 8.39. The molecular formula is C9H12N2O. The molecule has 2 rings (SSSR count). The highest BCUT2D eigenvalue weighted by Gasteiger charge is 2.16. The van der Waals surface area contributed by atoms with Gasteiger partial charge in [-0.25, -0.2) is 0 Å². The van der Waals surface area contributed by atoms with Crippen LogP contribution in [-0.2, 0) is 0 Å². The number of aliphatic imine (C=N–C) groups is 1. The second-order valence-electron chi connectivity index (χ2n) is 3.03. The fraction of sp³-hybridized carbons (Fsp3) is 0.444. The number of aliphatic hydroxyl groups is 1. The molecule has 0 fully saturated rings. The Morgan fingerprint density at radius 3 is 3.42 bits per heavy atom. The van der Waals surface area contributed by atoms with Crippen LogP contribution in [0, 0.1) is 0 Å². The summed E-state index contributed by atoms with van der Waals surface area (Å²) in [7, 11) is 0. The van der Waals surface area contributed by atoms with Crippen molar-refractivity contribution in [2.45, 2.75) is 25.5 Å². The summed E-state index contributed by atoms with van der Waals surface area (Å²) < 4.78 is 0. The van der Waals surface area contributed by atoms with Gasteiger partial charge in [0.05, 0.1) is 5.70 Å². The highest BCUT2D eigenvalue weighted by Crippen LogP contribution is 2.21. The molecule has 0 bridgehead atoms. The lowest BCUT2D eigenvalue weighted by molar-refractivity contribution is 0.131. The van der Waals surface area contributed by atoms with Gasteiger partial charge < -0.3 is 10.4 Å². The molecule has 0 aromatic heterocycles.